The lowest BCUT2D eigenvalue weighted by atomic mass is 10.0. The van der Waals surface area contributed by atoms with E-state index in [9.17, 15) is 10.2 Å². The van der Waals surface area contributed by atoms with Crippen LogP contribution in [0.25, 0.3) is 0 Å². The lowest BCUT2D eigenvalue weighted by Gasteiger charge is -2.36. The zero-order valence-electron chi connectivity index (χ0n) is 13.0. The van der Waals surface area contributed by atoms with Crippen molar-refractivity contribution < 1.29 is 24.8 Å². The lowest BCUT2D eigenvalue weighted by molar-refractivity contribution is -0.196. The summed E-state index contributed by atoms with van der Waals surface area (Å²) < 4.78 is 10.6. The molecule has 5 nitrogen and oxygen atoms in total. The van der Waals surface area contributed by atoms with Crippen LogP contribution < -0.4 is 0 Å². The molecular formula is C16H30O5. The van der Waals surface area contributed by atoms with Gasteiger partial charge in [0, 0.05) is 0 Å². The Labute approximate surface area is 127 Å². The van der Waals surface area contributed by atoms with Gasteiger partial charge in [-0.2, -0.15) is 0 Å². The maximum absolute atomic E-state index is 9.86. The van der Waals surface area contributed by atoms with E-state index in [0.717, 1.165) is 12.8 Å². The van der Waals surface area contributed by atoms with Gasteiger partial charge in [-0.25, -0.2) is 0 Å². The van der Waals surface area contributed by atoms with Gasteiger partial charge in [0.2, 0.25) is 0 Å². The largest absolute Gasteiger partial charge is 0.493 e. The summed E-state index contributed by atoms with van der Waals surface area (Å²) in [4.78, 5) is 0. The van der Waals surface area contributed by atoms with Crippen molar-refractivity contribution in [3.63, 3.8) is 0 Å². The molecule has 4 atom stereocenters. The predicted molar refractivity (Wildman–Crippen MR) is 80.8 cm³/mol. The fraction of sp³-hybridized carbons (Fsp3) is 0.875. The average Bonchev–Trinajstić information content (AvgIpc) is 2.50. The van der Waals surface area contributed by atoms with Crippen LogP contribution in [-0.2, 0) is 9.47 Å². The van der Waals surface area contributed by atoms with Gasteiger partial charge in [-0.3, -0.25) is 0 Å². The van der Waals surface area contributed by atoms with Gasteiger partial charge in [0.25, 0.3) is 0 Å². The highest BCUT2D eigenvalue weighted by Crippen LogP contribution is 2.18. The molecule has 1 saturated heterocycles. The Morgan fingerprint density at radius 3 is 2.52 bits per heavy atom. The highest BCUT2D eigenvalue weighted by molar-refractivity contribution is 4.89. The zero-order chi connectivity index (χ0) is 15.5. The Balaban J connectivity index is 2.10. The van der Waals surface area contributed by atoms with E-state index in [1.54, 1.807) is 6.26 Å². The van der Waals surface area contributed by atoms with E-state index in [1.165, 1.54) is 32.1 Å². The smallest absolute Gasteiger partial charge is 0.149 e. The van der Waals surface area contributed by atoms with Crippen LogP contribution in [-0.4, -0.2) is 52.9 Å². The van der Waals surface area contributed by atoms with Crippen LogP contribution in [0.3, 0.4) is 0 Å². The normalized spacial score (nSPS) is 29.9. The fourth-order valence-electron chi connectivity index (χ4n) is 2.40. The van der Waals surface area contributed by atoms with Crippen molar-refractivity contribution in [1.29, 1.82) is 0 Å². The molecule has 0 aromatic heterocycles. The van der Waals surface area contributed by atoms with Gasteiger partial charge in [0.15, 0.2) is 0 Å². The highest BCUT2D eigenvalue weighted by Gasteiger charge is 2.38. The lowest BCUT2D eigenvalue weighted by Crippen LogP contribution is -2.54. The Kier molecular flexibility index (Phi) is 9.67. The second-order valence-electron chi connectivity index (χ2n) is 5.64. The number of aliphatic hydroxyl groups is 3. The van der Waals surface area contributed by atoms with Crippen LogP contribution in [0.1, 0.15) is 51.9 Å². The molecule has 124 valence electrons. The van der Waals surface area contributed by atoms with Gasteiger partial charge in [0.1, 0.15) is 24.4 Å². The fourth-order valence-corrected chi connectivity index (χ4v) is 2.40. The molecule has 0 spiro atoms. The van der Waals surface area contributed by atoms with Crippen LogP contribution in [0.5, 0.6) is 0 Å². The summed E-state index contributed by atoms with van der Waals surface area (Å²) in [6.07, 6.45) is 8.57. The number of hydrogen-bond acceptors (Lipinski definition) is 5. The molecule has 1 aliphatic rings. The molecule has 1 heterocycles. The van der Waals surface area contributed by atoms with E-state index in [-0.39, 0.29) is 13.2 Å². The van der Waals surface area contributed by atoms with E-state index < -0.39 is 24.4 Å². The number of rotatable bonds is 10. The third kappa shape index (κ3) is 6.78. The topological polar surface area (TPSA) is 79.2 Å². The van der Waals surface area contributed by atoms with Crippen LogP contribution in [0.4, 0.5) is 0 Å². The molecule has 1 fully saturated rings. The van der Waals surface area contributed by atoms with E-state index in [4.69, 9.17) is 14.6 Å². The first kappa shape index (κ1) is 18.4. The van der Waals surface area contributed by atoms with Crippen LogP contribution >= 0.6 is 0 Å². The summed E-state index contributed by atoms with van der Waals surface area (Å²) in [5.74, 6) is 0. The second kappa shape index (κ2) is 11.0. The Hall–Kier alpha value is -0.620. The summed E-state index contributed by atoms with van der Waals surface area (Å²) in [6, 6.07) is 0. The van der Waals surface area contributed by atoms with Crippen LogP contribution in [0.15, 0.2) is 12.3 Å². The average molecular weight is 302 g/mol. The number of unbranched alkanes of at least 4 members (excludes halogenated alkanes) is 6. The molecular weight excluding hydrogens is 272 g/mol. The Morgan fingerprint density at radius 2 is 1.81 bits per heavy atom. The molecule has 1 aliphatic heterocycles. The molecule has 1 rings (SSSR count). The van der Waals surface area contributed by atoms with E-state index in [2.05, 4.69) is 6.92 Å². The standard InChI is InChI=1S/C16H30O5/c1-2-3-4-5-6-7-8-9-10-20-14-12-21-13(11-17)15(18)16(14)19/h9-10,13-19H,2-8,11-12H2,1H3/b10-9+/t13-,14+,15-,16-/m0/s1. The van der Waals surface area contributed by atoms with Gasteiger partial charge in [-0.05, 0) is 18.9 Å². The molecule has 0 aromatic rings. The molecule has 5 heteroatoms. The molecule has 0 unspecified atom stereocenters. The molecule has 0 amide bonds. The molecule has 0 radical (unpaired) electrons. The summed E-state index contributed by atoms with van der Waals surface area (Å²) in [7, 11) is 0. The van der Waals surface area contributed by atoms with Crippen molar-refractivity contribution in [3.05, 3.63) is 12.3 Å². The number of hydrogen-bond donors (Lipinski definition) is 3. The third-order valence-electron chi connectivity index (χ3n) is 3.84. The highest BCUT2D eigenvalue weighted by atomic mass is 16.6. The second-order valence-corrected chi connectivity index (χ2v) is 5.64. The van der Waals surface area contributed by atoms with Gasteiger partial charge >= 0.3 is 0 Å². The first-order chi connectivity index (χ1) is 10.2. The van der Waals surface area contributed by atoms with Crippen LogP contribution in [0.2, 0.25) is 0 Å². The zero-order valence-corrected chi connectivity index (χ0v) is 13.0. The number of ether oxygens (including phenoxy) is 2. The van der Waals surface area contributed by atoms with E-state index >= 15 is 0 Å². The predicted octanol–water partition coefficient (Wildman–Crippen LogP) is 1.75. The molecule has 0 bridgehead atoms. The Morgan fingerprint density at radius 1 is 1.10 bits per heavy atom. The molecule has 0 saturated carbocycles. The molecule has 0 aromatic carbocycles. The summed E-state index contributed by atoms with van der Waals surface area (Å²) >= 11 is 0. The Bertz CT molecular complexity index is 282. The van der Waals surface area contributed by atoms with E-state index in [0.29, 0.717) is 0 Å². The minimum Gasteiger partial charge on any atom is -0.493 e. The summed E-state index contributed by atoms with van der Waals surface area (Å²) in [5, 5.41) is 28.5. The van der Waals surface area contributed by atoms with Crippen molar-refractivity contribution in [2.75, 3.05) is 13.2 Å². The maximum atomic E-state index is 9.86. The summed E-state index contributed by atoms with van der Waals surface area (Å²) in [5.41, 5.74) is 0. The molecule has 21 heavy (non-hydrogen) atoms. The molecule has 3 N–H and O–H groups in total. The van der Waals surface area contributed by atoms with Crippen LogP contribution in [0, 0.1) is 0 Å². The van der Waals surface area contributed by atoms with Gasteiger partial charge in [-0.15, -0.1) is 0 Å². The minimum atomic E-state index is -1.11. The van der Waals surface area contributed by atoms with Gasteiger partial charge in [0.05, 0.1) is 19.5 Å². The number of aliphatic hydroxyl groups excluding tert-OH is 3. The summed E-state index contributed by atoms with van der Waals surface area (Å²) in [6.45, 7) is 2.08. The van der Waals surface area contributed by atoms with Crippen molar-refractivity contribution in [3.8, 4) is 0 Å². The van der Waals surface area contributed by atoms with E-state index in [1.807, 2.05) is 6.08 Å². The monoisotopic (exact) mass is 302 g/mol. The first-order valence-electron chi connectivity index (χ1n) is 8.09. The van der Waals surface area contributed by atoms with Crippen molar-refractivity contribution in [1.82, 2.24) is 0 Å². The first-order valence-corrected chi connectivity index (χ1v) is 8.09. The molecule has 0 aliphatic carbocycles. The quantitative estimate of drug-likeness (QED) is 0.423. The SMILES string of the molecule is CCCCCCCC/C=C/O[C@@H]1CO[C@@H](CO)[C@H](O)[C@H]1O. The maximum Gasteiger partial charge on any atom is 0.149 e. The third-order valence-corrected chi connectivity index (χ3v) is 3.84. The van der Waals surface area contributed by atoms with Gasteiger partial charge < -0.3 is 24.8 Å². The minimum absolute atomic E-state index is 0.171. The van der Waals surface area contributed by atoms with Crippen molar-refractivity contribution >= 4 is 0 Å². The van der Waals surface area contributed by atoms with Crippen molar-refractivity contribution in [2.24, 2.45) is 0 Å². The van der Waals surface area contributed by atoms with Crippen molar-refractivity contribution in [2.45, 2.75) is 76.3 Å². The van der Waals surface area contributed by atoms with Gasteiger partial charge in [-0.1, -0.05) is 39.0 Å². The number of allylic oxidation sites excluding steroid dienone is 1.